The molecule has 0 radical (unpaired) electrons. The average molecular weight is 1910 g/mol. The predicted molar refractivity (Wildman–Crippen MR) is 438 cm³/mol. The summed E-state index contributed by atoms with van der Waals surface area (Å²) in [5.74, 6) is -0.170. The van der Waals surface area contributed by atoms with Crippen LogP contribution in [-0.4, -0.2) is 120 Å². The topological polar surface area (TPSA) is 262 Å². The summed E-state index contributed by atoms with van der Waals surface area (Å²) in [5.41, 5.74) is 9.66. The van der Waals surface area contributed by atoms with E-state index in [2.05, 4.69) is 171 Å². The first kappa shape index (κ1) is 101. The van der Waals surface area contributed by atoms with Crippen LogP contribution in [0.4, 0.5) is 51.2 Å². The summed E-state index contributed by atoms with van der Waals surface area (Å²) in [5, 5.41) is 25.7. The van der Waals surface area contributed by atoms with Crippen LogP contribution in [0.2, 0.25) is 0 Å². The molecule has 604 valence electrons. The number of rotatable bonds is 4. The molecule has 0 spiro atoms. The molecule has 8 aliphatic rings. The van der Waals surface area contributed by atoms with Gasteiger partial charge in [-0.3, -0.25) is 28.8 Å². The second-order valence-electron chi connectivity index (χ2n) is 28.9. The Kier molecular flexibility index (Phi) is 44.2. The Morgan fingerprint density at radius 3 is 1.05 bits per heavy atom. The largest absolute Gasteiger partial charge is 1.00 e. The van der Waals surface area contributed by atoms with E-state index >= 15 is 0 Å². The number of alkyl halides is 3. The fourth-order valence-corrected chi connectivity index (χ4v) is 14.3. The Morgan fingerprint density at radius 2 is 0.764 bits per heavy atom. The minimum absolute atomic E-state index is 0. The number of hydrogen-bond acceptors (Lipinski definition) is 16. The fourth-order valence-electron chi connectivity index (χ4n) is 12.1. The summed E-state index contributed by atoms with van der Waals surface area (Å²) in [6.45, 7) is 21.8. The summed E-state index contributed by atoms with van der Waals surface area (Å²) in [6.07, 6.45) is 9.43. The van der Waals surface area contributed by atoms with Gasteiger partial charge in [-0.05, 0) is 309 Å². The van der Waals surface area contributed by atoms with Crippen LogP contribution in [0.25, 0.3) is 0 Å². The first-order valence-corrected chi connectivity index (χ1v) is 40.0. The standard InChI is InChI=1S/2C14H16BrNO.C12H11BrF3NO.C12H14BrNO.C10H12BrN.C10H18O5.C4H5ClO.CH2O3.2CH4O.ClH.Na/c2*1-9-2-3-11-8-12(15)6-7-13(11)16(9)14(17)10-4-5-10;1-7-2-3-8-6-9(13)4-5-10(8)17(7)11(18)12(14,15)16;1-8-3-4-10-7-11(13)5-6-12(10)14(8)9(2)15;1-7-2-3-8-6-9(11)4-5-10(8)12-7;1-9(2,3)14-7(11)13-8(12)15-10(4,5)6;5-4(6)3-1-2-3;2-1-4-3;2*1-2;;/h2*6-10H,2-5H2,1H3;4-7H,2-3H2,1H3;5-8H,3-4H2,1-2H3;4-7,12H,2-3H2,1H3;1-6H3;3H,1-2H2;1,3H;2*2H,1H3;1H;/q;;;;;;;;;;;+1/p-1/t2*9-;7-;8-;7-;;;;;;;/m00000......./s1. The second-order valence-corrected chi connectivity index (χ2v) is 33.8. The number of aliphatic hydroxyl groups is 2. The normalized spacial score (nSPS) is 18.5. The molecule has 5 aromatic carbocycles. The number of hydrogen-bond donors (Lipinski definition) is 3. The van der Waals surface area contributed by atoms with Gasteiger partial charge in [-0.15, -0.1) is 12.4 Å². The van der Waals surface area contributed by atoms with Crippen molar-refractivity contribution in [2.75, 3.05) is 39.1 Å². The van der Waals surface area contributed by atoms with E-state index in [1.54, 1.807) is 73.6 Å². The van der Waals surface area contributed by atoms with Crippen LogP contribution < -0.4 is 59.7 Å². The van der Waals surface area contributed by atoms with Crippen LogP contribution in [0.15, 0.2) is 113 Å². The average Bonchev–Trinajstić information content (AvgIpc) is 1.62. The number of anilines is 5. The van der Waals surface area contributed by atoms with Gasteiger partial charge in [0.2, 0.25) is 23.0 Å². The predicted octanol–water partition coefficient (Wildman–Crippen LogP) is 16.2. The molecule has 5 aromatic rings. The van der Waals surface area contributed by atoms with E-state index in [-0.39, 0.29) is 65.5 Å². The van der Waals surface area contributed by atoms with Gasteiger partial charge in [-0.25, -0.2) is 9.59 Å². The number of nitrogens with one attached hydrogen (secondary N) is 1. The Hall–Kier alpha value is -4.69. The van der Waals surface area contributed by atoms with Crippen molar-refractivity contribution in [3.8, 4) is 0 Å². The Bertz CT molecular complexity index is 3750. The van der Waals surface area contributed by atoms with Crippen molar-refractivity contribution in [1.82, 2.24) is 0 Å². The van der Waals surface area contributed by atoms with Crippen molar-refractivity contribution in [3.63, 3.8) is 0 Å². The molecular weight excluding hydrogens is 1810 g/mol. The molecule has 3 N–H and O–H groups in total. The zero-order valence-electron chi connectivity index (χ0n) is 65.0. The van der Waals surface area contributed by atoms with Crippen molar-refractivity contribution >= 4 is 180 Å². The van der Waals surface area contributed by atoms with Crippen LogP contribution >= 0.6 is 104 Å². The van der Waals surface area contributed by atoms with Crippen LogP contribution in [0.5, 0.6) is 0 Å². The molecule has 3 saturated carbocycles. The molecule has 110 heavy (non-hydrogen) atoms. The monoisotopic (exact) mass is 1910 g/mol. The van der Waals surface area contributed by atoms with E-state index in [4.69, 9.17) is 41.3 Å². The van der Waals surface area contributed by atoms with E-state index < -0.39 is 41.6 Å². The number of ether oxygens (including phenoxy) is 3. The Morgan fingerprint density at radius 1 is 0.482 bits per heavy atom. The fraction of sp³-hybridized carbons (Fsp3) is 0.519. The molecule has 0 saturated heterocycles. The van der Waals surface area contributed by atoms with Crippen LogP contribution in [0.3, 0.4) is 0 Å². The maximum absolute atomic E-state index is 12.6. The molecule has 13 rings (SSSR count). The first-order chi connectivity index (χ1) is 50.7. The van der Waals surface area contributed by atoms with Gasteiger partial charge in [0, 0.05) is 120 Å². The van der Waals surface area contributed by atoms with Crippen LogP contribution in [0.1, 0.15) is 182 Å². The van der Waals surface area contributed by atoms with Gasteiger partial charge >= 0.3 is 54.0 Å². The Labute approximate surface area is 720 Å². The number of carbonyl (C=O) groups excluding carboxylic acids is 8. The van der Waals surface area contributed by atoms with Gasteiger partial charge in [0.05, 0.1) is 0 Å². The van der Waals surface area contributed by atoms with Gasteiger partial charge < -0.3 is 59.5 Å². The number of carbonyl (C=O) groups is 8. The minimum atomic E-state index is -4.84. The van der Waals surface area contributed by atoms with Crippen molar-refractivity contribution in [1.29, 1.82) is 0 Å². The number of benzene rings is 5. The zero-order chi connectivity index (χ0) is 81.3. The second kappa shape index (κ2) is 48.0. The van der Waals surface area contributed by atoms with Crippen molar-refractivity contribution in [2.24, 2.45) is 17.8 Å². The van der Waals surface area contributed by atoms with Crippen LogP contribution in [-0.2, 0) is 80.0 Å². The quantitative estimate of drug-likeness (QED) is 0.0287. The molecule has 0 aromatic heterocycles. The zero-order valence-corrected chi connectivity index (χ0v) is 76.5. The van der Waals surface area contributed by atoms with E-state index in [1.165, 1.54) is 45.3 Å². The molecule has 20 nitrogen and oxygen atoms in total. The van der Waals surface area contributed by atoms with Crippen molar-refractivity contribution < 1.29 is 116 Å². The van der Waals surface area contributed by atoms with Gasteiger partial charge in [0.15, 0.2) is 0 Å². The molecule has 5 atom stereocenters. The van der Waals surface area contributed by atoms with E-state index in [1.807, 2.05) is 39.0 Å². The number of aliphatic hydroxyl groups excluding tert-OH is 2. The number of nitrogens with zero attached hydrogens (tertiary/aromatic N) is 4. The summed E-state index contributed by atoms with van der Waals surface area (Å²) in [6, 6.07) is 31.2. The number of halogens is 10. The molecule has 0 unspecified atom stereocenters. The van der Waals surface area contributed by atoms with Crippen LogP contribution in [0, 0.1) is 17.8 Å². The summed E-state index contributed by atoms with van der Waals surface area (Å²) in [7, 11) is 2.00. The first-order valence-electron chi connectivity index (χ1n) is 35.7. The third kappa shape index (κ3) is 33.6. The molecule has 5 heterocycles. The van der Waals surface area contributed by atoms with Crippen molar-refractivity contribution in [3.05, 3.63) is 141 Å². The SMILES string of the molecule is CC(=O)N1c2ccc(Br)cc2CC[C@@H]1C.CC(C)(C)OC(=O)OC(=O)OC(C)(C)C.CO.CO.C[C@H]1CCc2cc(Br)ccc2N1.C[C@H]1CCc2cc(Br)ccc2N1C(=O)C(F)(F)F.C[C@H]1CCc2cc(Br)ccc2N1C(=O)C1CC1.C[C@H]1CCc2cc(Br)ccc2N1C(=O)C1CC1.Cl.O=C(Cl)C1CC1.O=CO[O-].[Na+]. The molecule has 3 fully saturated rings. The molecular formula is C79H102Br5Cl2F3N5NaO15. The minimum Gasteiger partial charge on any atom is -0.662 e. The smallest absolute Gasteiger partial charge is 0.662 e. The molecule has 3 aliphatic carbocycles. The molecule has 5 aliphatic heterocycles. The third-order valence-corrected chi connectivity index (χ3v) is 20.4. The summed E-state index contributed by atoms with van der Waals surface area (Å²) >= 11 is 22.2. The number of aryl methyl sites for hydroxylation is 5. The summed E-state index contributed by atoms with van der Waals surface area (Å²) < 4.78 is 56.8. The summed E-state index contributed by atoms with van der Waals surface area (Å²) in [4.78, 5) is 97.8. The van der Waals surface area contributed by atoms with E-state index in [0.29, 0.717) is 66.3 Å². The van der Waals surface area contributed by atoms with Gasteiger partial charge in [0.25, 0.3) is 6.47 Å². The number of fused-ring (bicyclic) bond motifs is 5. The van der Waals surface area contributed by atoms with Crippen molar-refractivity contribution in [2.45, 2.75) is 233 Å². The molecule has 4 amide bonds. The van der Waals surface area contributed by atoms with Gasteiger partial charge in [-0.1, -0.05) is 79.6 Å². The number of amides is 4. The van der Waals surface area contributed by atoms with E-state index in [9.17, 15) is 46.7 Å². The maximum atomic E-state index is 12.6. The van der Waals surface area contributed by atoms with Gasteiger partial charge in [-0.2, -0.15) is 13.2 Å². The Balaban J connectivity index is 0.000000432. The van der Waals surface area contributed by atoms with Gasteiger partial charge in [0.1, 0.15) is 11.2 Å². The molecule has 31 heteroatoms. The maximum Gasteiger partial charge on any atom is 1.00 e. The van der Waals surface area contributed by atoms with E-state index in [0.717, 1.165) is 137 Å². The third-order valence-electron chi connectivity index (χ3n) is 17.6. The molecule has 0 bridgehead atoms.